The molecule has 0 atom stereocenters. The standard InChI is InChI=1S/C19H22N4O4/c1-3-26-17-10-14(11-21-23-19(20)25)8-9-16(17)27-12-18(24)22-15-7-5-4-6-13(15)2/h4-11H,3,12H2,1-2H3,(H,22,24)(H3,20,23,25). The van der Waals surface area contributed by atoms with Crippen molar-refractivity contribution in [2.24, 2.45) is 10.8 Å². The number of para-hydroxylation sites is 1. The third kappa shape index (κ3) is 6.35. The van der Waals surface area contributed by atoms with Crippen molar-refractivity contribution in [3.8, 4) is 11.5 Å². The van der Waals surface area contributed by atoms with Crippen LogP contribution in [0.1, 0.15) is 18.1 Å². The van der Waals surface area contributed by atoms with Crippen LogP contribution in [-0.4, -0.2) is 31.4 Å². The topological polar surface area (TPSA) is 115 Å². The number of rotatable bonds is 8. The molecule has 0 radical (unpaired) electrons. The summed E-state index contributed by atoms with van der Waals surface area (Å²) in [5, 5.41) is 6.50. The number of amides is 3. The number of carbonyl (C=O) groups is 2. The van der Waals surface area contributed by atoms with Crippen molar-refractivity contribution in [1.82, 2.24) is 5.43 Å². The molecule has 2 aromatic rings. The fourth-order valence-corrected chi connectivity index (χ4v) is 2.21. The molecule has 27 heavy (non-hydrogen) atoms. The highest BCUT2D eigenvalue weighted by Gasteiger charge is 2.10. The smallest absolute Gasteiger partial charge is 0.332 e. The number of hydrazone groups is 1. The number of anilines is 1. The molecule has 0 fully saturated rings. The van der Waals surface area contributed by atoms with E-state index in [9.17, 15) is 9.59 Å². The molecule has 0 aliphatic carbocycles. The van der Waals surface area contributed by atoms with Gasteiger partial charge in [0.1, 0.15) is 0 Å². The molecule has 0 heterocycles. The molecule has 0 unspecified atom stereocenters. The van der Waals surface area contributed by atoms with Crippen LogP contribution in [0.2, 0.25) is 0 Å². The Morgan fingerprint density at radius 3 is 2.63 bits per heavy atom. The van der Waals surface area contributed by atoms with E-state index in [1.165, 1.54) is 6.21 Å². The van der Waals surface area contributed by atoms with Gasteiger partial charge in [-0.25, -0.2) is 10.2 Å². The van der Waals surface area contributed by atoms with Crippen molar-refractivity contribution in [2.45, 2.75) is 13.8 Å². The summed E-state index contributed by atoms with van der Waals surface area (Å²) in [5.74, 6) is 0.615. The van der Waals surface area contributed by atoms with Crippen LogP contribution in [0.4, 0.5) is 10.5 Å². The fraction of sp³-hybridized carbons (Fsp3) is 0.211. The molecule has 3 amide bonds. The zero-order chi connectivity index (χ0) is 19.6. The summed E-state index contributed by atoms with van der Waals surface area (Å²) < 4.78 is 11.1. The van der Waals surface area contributed by atoms with Crippen LogP contribution < -0.4 is 25.9 Å². The number of carbonyl (C=O) groups excluding carboxylic acids is 2. The Hall–Kier alpha value is -3.55. The van der Waals surface area contributed by atoms with Crippen LogP contribution >= 0.6 is 0 Å². The maximum absolute atomic E-state index is 12.1. The molecule has 0 aromatic heterocycles. The highest BCUT2D eigenvalue weighted by atomic mass is 16.5. The van der Waals surface area contributed by atoms with Gasteiger partial charge in [-0.1, -0.05) is 18.2 Å². The monoisotopic (exact) mass is 370 g/mol. The van der Waals surface area contributed by atoms with E-state index in [-0.39, 0.29) is 12.5 Å². The zero-order valence-corrected chi connectivity index (χ0v) is 15.2. The predicted molar refractivity (Wildman–Crippen MR) is 103 cm³/mol. The number of nitrogens with zero attached hydrogens (tertiary/aromatic N) is 1. The van der Waals surface area contributed by atoms with Gasteiger partial charge in [0.2, 0.25) is 0 Å². The lowest BCUT2D eigenvalue weighted by Gasteiger charge is -2.13. The minimum absolute atomic E-state index is 0.162. The normalized spacial score (nSPS) is 10.4. The second-order valence-electron chi connectivity index (χ2n) is 5.53. The van der Waals surface area contributed by atoms with Crippen LogP contribution in [0.3, 0.4) is 0 Å². The van der Waals surface area contributed by atoms with Crippen LogP contribution in [-0.2, 0) is 4.79 Å². The van der Waals surface area contributed by atoms with Crippen molar-refractivity contribution in [3.63, 3.8) is 0 Å². The number of nitrogens with one attached hydrogen (secondary N) is 2. The Kier molecular flexibility index (Phi) is 7.18. The summed E-state index contributed by atoms with van der Waals surface area (Å²) in [6.07, 6.45) is 1.42. The number of aryl methyl sites for hydroxylation is 1. The van der Waals surface area contributed by atoms with Crippen molar-refractivity contribution in [2.75, 3.05) is 18.5 Å². The summed E-state index contributed by atoms with van der Waals surface area (Å²) in [4.78, 5) is 22.8. The second kappa shape index (κ2) is 9.81. The van der Waals surface area contributed by atoms with E-state index in [1.54, 1.807) is 18.2 Å². The molecular formula is C19H22N4O4. The summed E-state index contributed by atoms with van der Waals surface area (Å²) in [7, 11) is 0. The van der Waals surface area contributed by atoms with Gasteiger partial charge in [0, 0.05) is 5.69 Å². The number of hydrogen-bond donors (Lipinski definition) is 3. The van der Waals surface area contributed by atoms with E-state index in [4.69, 9.17) is 15.2 Å². The zero-order valence-electron chi connectivity index (χ0n) is 15.2. The molecule has 142 valence electrons. The number of ether oxygens (including phenoxy) is 2. The van der Waals surface area contributed by atoms with Gasteiger partial charge in [-0.3, -0.25) is 4.79 Å². The van der Waals surface area contributed by atoms with Crippen LogP contribution in [0.5, 0.6) is 11.5 Å². The molecule has 8 nitrogen and oxygen atoms in total. The Morgan fingerprint density at radius 2 is 1.93 bits per heavy atom. The highest BCUT2D eigenvalue weighted by molar-refractivity contribution is 5.92. The third-order valence-electron chi connectivity index (χ3n) is 3.43. The first-order chi connectivity index (χ1) is 13.0. The van der Waals surface area contributed by atoms with Crippen molar-refractivity contribution in [1.29, 1.82) is 0 Å². The molecule has 0 aliphatic heterocycles. The van der Waals surface area contributed by atoms with Gasteiger partial charge in [-0.2, -0.15) is 5.10 Å². The van der Waals surface area contributed by atoms with Gasteiger partial charge in [0.15, 0.2) is 18.1 Å². The number of primary amides is 1. The highest BCUT2D eigenvalue weighted by Crippen LogP contribution is 2.28. The lowest BCUT2D eigenvalue weighted by atomic mass is 10.2. The molecule has 2 rings (SSSR count). The van der Waals surface area contributed by atoms with Crippen LogP contribution in [0.15, 0.2) is 47.6 Å². The van der Waals surface area contributed by atoms with E-state index < -0.39 is 6.03 Å². The number of urea groups is 1. The fourth-order valence-electron chi connectivity index (χ4n) is 2.21. The molecule has 0 aliphatic rings. The minimum atomic E-state index is -0.754. The summed E-state index contributed by atoms with van der Waals surface area (Å²) >= 11 is 0. The lowest BCUT2D eigenvalue weighted by molar-refractivity contribution is -0.118. The quantitative estimate of drug-likeness (QED) is 0.489. The van der Waals surface area contributed by atoms with Gasteiger partial charge in [0.05, 0.1) is 12.8 Å². The van der Waals surface area contributed by atoms with E-state index >= 15 is 0 Å². The molecule has 4 N–H and O–H groups in total. The first-order valence-corrected chi connectivity index (χ1v) is 8.33. The van der Waals surface area contributed by atoms with Crippen molar-refractivity contribution >= 4 is 23.8 Å². The Labute approximate surface area is 157 Å². The Morgan fingerprint density at radius 1 is 1.15 bits per heavy atom. The second-order valence-corrected chi connectivity index (χ2v) is 5.53. The summed E-state index contributed by atoms with van der Waals surface area (Å²) in [6.45, 7) is 4.01. The van der Waals surface area contributed by atoms with E-state index in [2.05, 4.69) is 15.8 Å². The van der Waals surface area contributed by atoms with Crippen LogP contribution in [0, 0.1) is 6.92 Å². The van der Waals surface area contributed by atoms with Crippen molar-refractivity contribution in [3.05, 3.63) is 53.6 Å². The van der Waals surface area contributed by atoms with Gasteiger partial charge in [-0.05, 0) is 49.2 Å². The Bertz CT molecular complexity index is 836. The van der Waals surface area contributed by atoms with E-state index in [1.807, 2.05) is 38.1 Å². The predicted octanol–water partition coefficient (Wildman–Crippen LogP) is 2.41. The van der Waals surface area contributed by atoms with Gasteiger partial charge in [-0.15, -0.1) is 0 Å². The average Bonchev–Trinajstić information content (AvgIpc) is 2.63. The maximum atomic E-state index is 12.1. The van der Waals surface area contributed by atoms with Gasteiger partial charge < -0.3 is 20.5 Å². The first kappa shape index (κ1) is 19.8. The molecule has 0 saturated heterocycles. The minimum Gasteiger partial charge on any atom is -0.490 e. The van der Waals surface area contributed by atoms with Crippen molar-refractivity contribution < 1.29 is 19.1 Å². The molecule has 2 aromatic carbocycles. The number of benzene rings is 2. The first-order valence-electron chi connectivity index (χ1n) is 8.33. The maximum Gasteiger partial charge on any atom is 0.332 e. The molecular weight excluding hydrogens is 348 g/mol. The number of nitrogens with two attached hydrogens (primary N) is 1. The number of hydrogen-bond acceptors (Lipinski definition) is 5. The third-order valence-corrected chi connectivity index (χ3v) is 3.43. The van der Waals surface area contributed by atoms with Crippen LogP contribution in [0.25, 0.3) is 0 Å². The molecule has 0 saturated carbocycles. The van der Waals surface area contributed by atoms with E-state index in [0.29, 0.717) is 23.7 Å². The van der Waals surface area contributed by atoms with Gasteiger partial charge in [0.25, 0.3) is 5.91 Å². The largest absolute Gasteiger partial charge is 0.490 e. The lowest BCUT2D eigenvalue weighted by Crippen LogP contribution is -2.24. The molecule has 0 bridgehead atoms. The van der Waals surface area contributed by atoms with E-state index in [0.717, 1.165) is 11.3 Å². The Balaban J connectivity index is 2.02. The summed E-state index contributed by atoms with van der Waals surface area (Å²) in [6, 6.07) is 11.8. The average molecular weight is 370 g/mol. The molecule has 0 spiro atoms. The SMILES string of the molecule is CCOc1cc(C=NNC(N)=O)ccc1OCC(=O)Nc1ccccc1C. The summed E-state index contributed by atoms with van der Waals surface area (Å²) in [5.41, 5.74) is 9.43. The van der Waals surface area contributed by atoms with Gasteiger partial charge >= 0.3 is 6.03 Å². The molecule has 8 heteroatoms.